The summed E-state index contributed by atoms with van der Waals surface area (Å²) in [7, 11) is 0. The summed E-state index contributed by atoms with van der Waals surface area (Å²) < 4.78 is 45.8. The molecule has 6 heteroatoms. The first-order valence-corrected chi connectivity index (χ1v) is 9.23. The Morgan fingerprint density at radius 1 is 1.00 bits per heavy atom. The van der Waals surface area contributed by atoms with Crippen LogP contribution in [0.3, 0.4) is 0 Å². The molecule has 3 nitrogen and oxygen atoms in total. The fourth-order valence-corrected chi connectivity index (χ4v) is 3.10. The highest BCUT2D eigenvalue weighted by Gasteiger charge is 2.30. The molecular weight excluding hydrogens is 377 g/mol. The molecular formula is C23H18F3N2O. The minimum absolute atomic E-state index is 0.324. The van der Waals surface area contributed by atoms with Gasteiger partial charge in [0, 0.05) is 23.2 Å². The molecule has 0 unspecified atom stereocenters. The van der Waals surface area contributed by atoms with Gasteiger partial charge >= 0.3 is 6.18 Å². The van der Waals surface area contributed by atoms with Crippen LogP contribution in [0.25, 0.3) is 16.6 Å². The highest BCUT2D eigenvalue weighted by atomic mass is 19.4. The summed E-state index contributed by atoms with van der Waals surface area (Å²) in [5.74, 6) is 0.670. The Bertz CT molecular complexity index is 1130. The van der Waals surface area contributed by atoms with Crippen LogP contribution >= 0.6 is 0 Å². The van der Waals surface area contributed by atoms with Gasteiger partial charge < -0.3 is 4.74 Å². The normalized spacial score (nSPS) is 11.7. The third-order valence-corrected chi connectivity index (χ3v) is 4.67. The number of ether oxygens (including phenoxy) is 1. The summed E-state index contributed by atoms with van der Waals surface area (Å²) in [6, 6.07) is 19.7. The van der Waals surface area contributed by atoms with Gasteiger partial charge in [-0.25, -0.2) is 4.68 Å². The number of aryl methyl sites for hydroxylation is 1. The van der Waals surface area contributed by atoms with Gasteiger partial charge in [-0.3, -0.25) is 0 Å². The van der Waals surface area contributed by atoms with Crippen LogP contribution in [0, 0.1) is 6.07 Å². The zero-order valence-electron chi connectivity index (χ0n) is 15.7. The molecule has 0 aliphatic carbocycles. The van der Waals surface area contributed by atoms with Gasteiger partial charge in [-0.05, 0) is 42.3 Å². The van der Waals surface area contributed by atoms with E-state index in [-0.39, 0.29) is 0 Å². The molecule has 0 N–H and O–H groups in total. The molecule has 0 aliphatic rings. The summed E-state index contributed by atoms with van der Waals surface area (Å²) in [6.07, 6.45) is -1.68. The predicted molar refractivity (Wildman–Crippen MR) is 105 cm³/mol. The quantitative estimate of drug-likeness (QED) is 0.415. The highest BCUT2D eigenvalue weighted by molar-refractivity contribution is 5.81. The Hall–Kier alpha value is -3.28. The molecule has 0 saturated heterocycles. The second-order valence-electron chi connectivity index (χ2n) is 6.66. The molecule has 4 rings (SSSR count). The van der Waals surface area contributed by atoms with Crippen molar-refractivity contribution in [1.82, 2.24) is 9.78 Å². The maximum Gasteiger partial charge on any atom is 0.416 e. The van der Waals surface area contributed by atoms with E-state index in [0.717, 1.165) is 40.6 Å². The van der Waals surface area contributed by atoms with Gasteiger partial charge in [0.05, 0.1) is 16.8 Å². The fraction of sp³-hybridized carbons (Fsp3) is 0.174. The second kappa shape index (κ2) is 7.62. The number of fused-ring (bicyclic) bond motifs is 1. The van der Waals surface area contributed by atoms with Crippen molar-refractivity contribution in [3.8, 4) is 11.4 Å². The Morgan fingerprint density at radius 2 is 1.76 bits per heavy atom. The maximum atomic E-state index is 12.8. The van der Waals surface area contributed by atoms with Crippen LogP contribution in [0.15, 0.2) is 66.9 Å². The van der Waals surface area contributed by atoms with Gasteiger partial charge in [0.25, 0.3) is 0 Å². The lowest BCUT2D eigenvalue weighted by Crippen LogP contribution is -2.05. The van der Waals surface area contributed by atoms with Gasteiger partial charge in [0.2, 0.25) is 0 Å². The van der Waals surface area contributed by atoms with Crippen molar-refractivity contribution < 1.29 is 17.9 Å². The Kier molecular flexibility index (Phi) is 5.01. The third-order valence-electron chi connectivity index (χ3n) is 4.67. The first kappa shape index (κ1) is 19.1. The molecule has 0 amide bonds. The first-order chi connectivity index (χ1) is 13.9. The van der Waals surface area contributed by atoms with Crippen LogP contribution in [0.5, 0.6) is 5.75 Å². The number of aromatic nitrogens is 2. The van der Waals surface area contributed by atoms with E-state index in [9.17, 15) is 13.2 Å². The van der Waals surface area contributed by atoms with Crippen molar-refractivity contribution in [2.24, 2.45) is 0 Å². The molecule has 0 saturated carbocycles. The van der Waals surface area contributed by atoms with Crippen molar-refractivity contribution >= 4 is 10.9 Å². The summed E-state index contributed by atoms with van der Waals surface area (Å²) >= 11 is 0. The van der Waals surface area contributed by atoms with Crippen LogP contribution in [-0.2, 0) is 19.2 Å². The highest BCUT2D eigenvalue weighted by Crippen LogP contribution is 2.30. The number of rotatable bonds is 5. The number of hydrogen-bond donors (Lipinski definition) is 0. The molecule has 0 bridgehead atoms. The molecule has 0 fully saturated rings. The van der Waals surface area contributed by atoms with E-state index >= 15 is 0 Å². The molecule has 0 aliphatic heterocycles. The van der Waals surface area contributed by atoms with E-state index < -0.39 is 11.7 Å². The average molecular weight is 395 g/mol. The summed E-state index contributed by atoms with van der Waals surface area (Å²) in [5, 5.41) is 5.45. The lowest BCUT2D eigenvalue weighted by Gasteiger charge is -2.08. The van der Waals surface area contributed by atoms with Crippen LogP contribution in [0.1, 0.15) is 23.6 Å². The molecule has 0 spiro atoms. The lowest BCUT2D eigenvalue weighted by molar-refractivity contribution is -0.137. The van der Waals surface area contributed by atoms with E-state index in [1.54, 1.807) is 10.9 Å². The van der Waals surface area contributed by atoms with Gasteiger partial charge in [-0.15, -0.1) is 0 Å². The van der Waals surface area contributed by atoms with Gasteiger partial charge in [-0.1, -0.05) is 37.3 Å². The molecule has 1 aromatic heterocycles. The standard InChI is InChI=1S/C23H18F3N2O/c1-2-16-5-3-8-21(13-16)29-15-18-7-4-6-17-14-28(27-22(17)18)20-11-9-19(10-12-20)23(24,25)26/h3-12,14H,2,15H2,1H3. The van der Waals surface area contributed by atoms with Gasteiger partial charge in [0.15, 0.2) is 0 Å². The Morgan fingerprint density at radius 3 is 2.48 bits per heavy atom. The van der Waals surface area contributed by atoms with Crippen LogP contribution in [0.4, 0.5) is 13.2 Å². The Balaban J connectivity index is 1.60. The molecule has 29 heavy (non-hydrogen) atoms. The maximum absolute atomic E-state index is 12.8. The minimum atomic E-state index is -4.36. The molecule has 147 valence electrons. The summed E-state index contributed by atoms with van der Waals surface area (Å²) in [5.41, 5.74) is 2.59. The first-order valence-electron chi connectivity index (χ1n) is 9.23. The summed E-state index contributed by atoms with van der Waals surface area (Å²) in [6.45, 7) is 2.38. The lowest BCUT2D eigenvalue weighted by atomic mass is 10.1. The SMILES string of the molecule is CCc1[c]c(OCc2cccc3cn(-c4ccc(C(F)(F)F)cc4)nc23)ccc1. The van der Waals surface area contributed by atoms with Gasteiger partial charge in [-0.2, -0.15) is 18.3 Å². The van der Waals surface area contributed by atoms with Crippen molar-refractivity contribution in [2.75, 3.05) is 0 Å². The molecule has 1 heterocycles. The zero-order valence-corrected chi connectivity index (χ0v) is 15.7. The molecule has 0 atom stereocenters. The number of hydrogen-bond acceptors (Lipinski definition) is 2. The van der Waals surface area contributed by atoms with Crippen molar-refractivity contribution in [3.05, 3.63) is 89.6 Å². The van der Waals surface area contributed by atoms with E-state index in [0.29, 0.717) is 18.0 Å². The van der Waals surface area contributed by atoms with E-state index in [2.05, 4.69) is 18.1 Å². The minimum Gasteiger partial charge on any atom is -0.488 e. The smallest absolute Gasteiger partial charge is 0.416 e. The zero-order chi connectivity index (χ0) is 20.4. The average Bonchev–Trinajstić information content (AvgIpc) is 3.17. The van der Waals surface area contributed by atoms with Crippen LogP contribution < -0.4 is 4.74 Å². The monoisotopic (exact) mass is 395 g/mol. The predicted octanol–water partition coefficient (Wildman–Crippen LogP) is 5.99. The number of halogens is 3. The third kappa shape index (κ3) is 4.11. The Labute approximate surface area is 166 Å². The van der Waals surface area contributed by atoms with Crippen molar-refractivity contribution in [3.63, 3.8) is 0 Å². The van der Waals surface area contributed by atoms with E-state index in [1.165, 1.54) is 12.1 Å². The summed E-state index contributed by atoms with van der Waals surface area (Å²) in [4.78, 5) is 0. The molecule has 4 aromatic rings. The van der Waals surface area contributed by atoms with Crippen LogP contribution in [0.2, 0.25) is 0 Å². The van der Waals surface area contributed by atoms with Crippen molar-refractivity contribution in [1.29, 1.82) is 0 Å². The number of benzene rings is 3. The van der Waals surface area contributed by atoms with Gasteiger partial charge in [0.1, 0.15) is 12.4 Å². The largest absolute Gasteiger partial charge is 0.488 e. The topological polar surface area (TPSA) is 27.1 Å². The number of nitrogens with zero attached hydrogens (tertiary/aromatic N) is 2. The second-order valence-corrected chi connectivity index (χ2v) is 6.66. The fourth-order valence-electron chi connectivity index (χ4n) is 3.10. The molecule has 3 aromatic carbocycles. The van der Waals surface area contributed by atoms with E-state index in [1.807, 2.05) is 36.4 Å². The molecule has 1 radical (unpaired) electrons. The van der Waals surface area contributed by atoms with Crippen molar-refractivity contribution in [2.45, 2.75) is 26.1 Å². The van der Waals surface area contributed by atoms with Crippen LogP contribution in [-0.4, -0.2) is 9.78 Å². The van der Waals surface area contributed by atoms with E-state index in [4.69, 9.17) is 4.74 Å². The number of alkyl halides is 3.